The predicted molar refractivity (Wildman–Crippen MR) is 46.0 cm³/mol. The fourth-order valence-electron chi connectivity index (χ4n) is 1.19. The summed E-state index contributed by atoms with van der Waals surface area (Å²) in [4.78, 5) is 0. The number of aliphatic hydroxyl groups is 1. The van der Waals surface area contributed by atoms with Gasteiger partial charge in [-0.2, -0.15) is 0 Å². The van der Waals surface area contributed by atoms with Crippen LogP contribution in [0.1, 0.15) is 19.8 Å². The topological polar surface area (TPSA) is 46.2 Å². The Kier molecular flexibility index (Phi) is 2.36. The molecule has 2 nitrogen and oxygen atoms in total. The van der Waals surface area contributed by atoms with E-state index in [0.29, 0.717) is 0 Å². The molecule has 0 aromatic heterocycles. The highest BCUT2D eigenvalue weighted by Crippen LogP contribution is 2.23. The molecule has 0 unspecified atom stereocenters. The number of rotatable bonds is 2. The van der Waals surface area contributed by atoms with E-state index in [1.54, 1.807) is 0 Å². The average molecular weight is 151 g/mol. The van der Waals surface area contributed by atoms with Crippen molar-refractivity contribution in [2.24, 2.45) is 5.73 Å². The maximum atomic E-state index is 9.01. The van der Waals surface area contributed by atoms with Crippen LogP contribution in [0.2, 0.25) is 0 Å². The van der Waals surface area contributed by atoms with Crippen molar-refractivity contribution in [1.82, 2.24) is 0 Å². The summed E-state index contributed by atoms with van der Waals surface area (Å²) in [6, 6.07) is 0. The third-order valence-electron chi connectivity index (χ3n) is 1.70. The van der Waals surface area contributed by atoms with E-state index >= 15 is 0 Å². The van der Waals surface area contributed by atoms with Gasteiger partial charge in [0.05, 0.1) is 0 Å². The summed E-state index contributed by atoms with van der Waals surface area (Å²) in [5, 5.41) is 9.01. The summed E-state index contributed by atoms with van der Waals surface area (Å²) in [6.07, 6.45) is 7.78. The van der Waals surface area contributed by atoms with Gasteiger partial charge in [-0.3, -0.25) is 0 Å². The van der Waals surface area contributed by atoms with E-state index in [9.17, 15) is 0 Å². The van der Waals surface area contributed by atoms with Gasteiger partial charge in [-0.15, -0.1) is 0 Å². The molecule has 0 aromatic carbocycles. The van der Waals surface area contributed by atoms with E-state index in [1.807, 2.05) is 18.2 Å². The highest BCUT2D eigenvalue weighted by Gasteiger charge is 2.08. The van der Waals surface area contributed by atoms with Crippen molar-refractivity contribution in [3.8, 4) is 0 Å². The van der Waals surface area contributed by atoms with Gasteiger partial charge in [0.25, 0.3) is 0 Å². The Balaban J connectivity index is 2.78. The van der Waals surface area contributed by atoms with Crippen molar-refractivity contribution in [1.29, 1.82) is 0 Å². The molecule has 1 aliphatic carbocycles. The first-order valence-corrected chi connectivity index (χ1v) is 3.82. The molecule has 0 atom stereocenters. The first kappa shape index (κ1) is 7.92. The van der Waals surface area contributed by atoms with Crippen molar-refractivity contribution in [2.75, 3.05) is 0 Å². The van der Waals surface area contributed by atoms with Crippen LogP contribution in [0, 0.1) is 0 Å². The zero-order valence-electron chi connectivity index (χ0n) is 6.67. The third-order valence-corrected chi connectivity index (χ3v) is 1.70. The monoisotopic (exact) mass is 151 g/mol. The highest BCUT2D eigenvalue weighted by molar-refractivity contribution is 5.48. The van der Waals surface area contributed by atoms with Crippen LogP contribution in [-0.2, 0) is 0 Å². The van der Waals surface area contributed by atoms with Gasteiger partial charge in [0.2, 0.25) is 0 Å². The third kappa shape index (κ3) is 1.64. The van der Waals surface area contributed by atoms with Crippen LogP contribution in [0.4, 0.5) is 0 Å². The largest absolute Gasteiger partial charge is 0.495 e. The molecule has 60 valence electrons. The van der Waals surface area contributed by atoms with Crippen LogP contribution in [0.15, 0.2) is 35.3 Å². The molecule has 0 bridgehead atoms. The molecule has 0 amide bonds. The second-order valence-electron chi connectivity index (χ2n) is 2.60. The number of aliphatic hydroxyl groups excluding tert-OH is 1. The highest BCUT2D eigenvalue weighted by atomic mass is 16.3. The molecule has 1 aliphatic rings. The van der Waals surface area contributed by atoms with E-state index in [4.69, 9.17) is 10.8 Å². The SMILES string of the molecule is CCCC1=CC=CC1=C(N)O. The first-order valence-electron chi connectivity index (χ1n) is 3.82. The quantitative estimate of drug-likeness (QED) is 0.593. The Bertz CT molecular complexity index is 232. The van der Waals surface area contributed by atoms with Crippen molar-refractivity contribution in [3.63, 3.8) is 0 Å². The fourth-order valence-corrected chi connectivity index (χ4v) is 1.19. The number of allylic oxidation sites excluding steroid dienone is 5. The first-order chi connectivity index (χ1) is 5.25. The molecule has 0 aliphatic heterocycles. The standard InChI is InChI=1S/C9H13NO/c1-2-4-7-5-3-6-8(7)9(10)11/h3,5-6,11H,2,4,10H2,1H3. The lowest BCUT2D eigenvalue weighted by atomic mass is 10.1. The van der Waals surface area contributed by atoms with Crippen LogP contribution in [0.3, 0.4) is 0 Å². The zero-order chi connectivity index (χ0) is 8.27. The molecule has 0 spiro atoms. The summed E-state index contributed by atoms with van der Waals surface area (Å²) in [5.41, 5.74) is 7.18. The van der Waals surface area contributed by atoms with Crippen LogP contribution in [0.5, 0.6) is 0 Å². The van der Waals surface area contributed by atoms with Gasteiger partial charge in [-0.25, -0.2) is 0 Å². The van der Waals surface area contributed by atoms with Crippen molar-refractivity contribution in [3.05, 3.63) is 35.3 Å². The van der Waals surface area contributed by atoms with E-state index in [1.165, 1.54) is 0 Å². The molecule has 0 heterocycles. The van der Waals surface area contributed by atoms with Crippen LogP contribution >= 0.6 is 0 Å². The van der Waals surface area contributed by atoms with Crippen molar-refractivity contribution < 1.29 is 5.11 Å². The molecule has 0 fully saturated rings. The molecular formula is C9H13NO. The van der Waals surface area contributed by atoms with Gasteiger partial charge in [-0.1, -0.05) is 25.5 Å². The van der Waals surface area contributed by atoms with Crippen LogP contribution in [-0.4, -0.2) is 5.11 Å². The molecule has 0 aromatic rings. The van der Waals surface area contributed by atoms with Gasteiger partial charge in [0.1, 0.15) is 0 Å². The second-order valence-corrected chi connectivity index (χ2v) is 2.60. The van der Waals surface area contributed by atoms with Gasteiger partial charge in [0, 0.05) is 5.57 Å². The molecule has 1 rings (SSSR count). The average Bonchev–Trinajstić information content (AvgIpc) is 2.36. The minimum atomic E-state index is -0.0709. The normalized spacial score (nSPS) is 20.3. The van der Waals surface area contributed by atoms with E-state index in [-0.39, 0.29) is 5.88 Å². The molecule has 0 saturated heterocycles. The molecule has 0 radical (unpaired) electrons. The predicted octanol–water partition coefficient (Wildman–Crippen LogP) is 2.01. The fraction of sp³-hybridized carbons (Fsp3) is 0.333. The van der Waals surface area contributed by atoms with E-state index in [2.05, 4.69) is 6.92 Å². The smallest absolute Gasteiger partial charge is 0.189 e. The molecular weight excluding hydrogens is 138 g/mol. The summed E-state index contributed by atoms with van der Waals surface area (Å²) in [5.74, 6) is -0.0709. The van der Waals surface area contributed by atoms with Crippen molar-refractivity contribution in [2.45, 2.75) is 19.8 Å². The van der Waals surface area contributed by atoms with E-state index < -0.39 is 0 Å². The molecule has 3 N–H and O–H groups in total. The number of hydrogen-bond acceptors (Lipinski definition) is 2. The van der Waals surface area contributed by atoms with E-state index in [0.717, 1.165) is 24.0 Å². The lowest BCUT2D eigenvalue weighted by Gasteiger charge is -2.02. The maximum absolute atomic E-state index is 9.01. The Morgan fingerprint density at radius 3 is 2.91 bits per heavy atom. The van der Waals surface area contributed by atoms with Gasteiger partial charge in [0.15, 0.2) is 5.88 Å². The van der Waals surface area contributed by atoms with Gasteiger partial charge < -0.3 is 10.8 Å². The Morgan fingerprint density at radius 2 is 2.36 bits per heavy atom. The summed E-state index contributed by atoms with van der Waals surface area (Å²) in [7, 11) is 0. The lowest BCUT2D eigenvalue weighted by Crippen LogP contribution is -2.00. The maximum Gasteiger partial charge on any atom is 0.189 e. The second kappa shape index (κ2) is 3.28. The minimum absolute atomic E-state index is 0.0709. The lowest BCUT2D eigenvalue weighted by molar-refractivity contribution is 0.401. The van der Waals surface area contributed by atoms with Gasteiger partial charge >= 0.3 is 0 Å². The molecule has 11 heavy (non-hydrogen) atoms. The summed E-state index contributed by atoms with van der Waals surface area (Å²) in [6.45, 7) is 2.10. The number of hydrogen-bond donors (Lipinski definition) is 2. The molecule has 2 heteroatoms. The minimum Gasteiger partial charge on any atom is -0.495 e. The van der Waals surface area contributed by atoms with Crippen LogP contribution < -0.4 is 5.73 Å². The summed E-state index contributed by atoms with van der Waals surface area (Å²) >= 11 is 0. The Labute approximate surface area is 66.7 Å². The summed E-state index contributed by atoms with van der Waals surface area (Å²) < 4.78 is 0. The van der Waals surface area contributed by atoms with Crippen LogP contribution in [0.25, 0.3) is 0 Å². The number of nitrogens with two attached hydrogens (primary N) is 1. The molecule has 0 saturated carbocycles. The van der Waals surface area contributed by atoms with Gasteiger partial charge in [-0.05, 0) is 18.1 Å². The Hall–Kier alpha value is -1.18. The van der Waals surface area contributed by atoms with Crippen molar-refractivity contribution >= 4 is 0 Å². The zero-order valence-corrected chi connectivity index (χ0v) is 6.67. The Morgan fingerprint density at radius 1 is 1.64 bits per heavy atom.